The van der Waals surface area contributed by atoms with Crippen LogP contribution in [-0.4, -0.2) is 22.5 Å². The van der Waals surface area contributed by atoms with Gasteiger partial charge in [0.05, 0.1) is 0 Å². The highest BCUT2D eigenvalue weighted by Gasteiger charge is 2.24. The monoisotopic (exact) mass is 200 g/mol. The Morgan fingerprint density at radius 1 is 1.14 bits per heavy atom. The van der Waals surface area contributed by atoms with E-state index in [2.05, 4.69) is 0 Å². The van der Waals surface area contributed by atoms with Gasteiger partial charge in [0.15, 0.2) is 5.78 Å². The van der Waals surface area contributed by atoms with Crippen LogP contribution in [0, 0.1) is 0 Å². The Kier molecular flexibility index (Phi) is 3.86. The summed E-state index contributed by atoms with van der Waals surface area (Å²) in [5.41, 5.74) is -0.965. The number of hydrogen-bond donors (Lipinski definition) is 1. The van der Waals surface area contributed by atoms with E-state index in [0.717, 1.165) is 0 Å². The fourth-order valence-electron chi connectivity index (χ4n) is 0.875. The van der Waals surface area contributed by atoms with E-state index in [-0.39, 0.29) is 11.3 Å². The number of carbonyl (C=O) groups is 2. The number of ether oxygens (including phenoxy) is 1. The molecule has 0 amide bonds. The minimum atomic E-state index is -0.787. The van der Waals surface area contributed by atoms with E-state index in [0.29, 0.717) is 0 Å². The second-order valence-corrected chi connectivity index (χ2v) is 4.02. The van der Waals surface area contributed by atoms with Crippen LogP contribution in [0.25, 0.3) is 0 Å². The molecule has 0 bridgehead atoms. The zero-order valence-corrected chi connectivity index (χ0v) is 9.17. The number of Topliss-reactive ketones (excluding diaryl/α,β-unsaturated/α-hetero) is 1. The highest BCUT2D eigenvalue weighted by molar-refractivity contribution is 6.16. The van der Waals surface area contributed by atoms with Gasteiger partial charge >= 0.3 is 5.97 Å². The van der Waals surface area contributed by atoms with Crippen molar-refractivity contribution in [1.82, 2.24) is 0 Å². The number of ketones is 1. The highest BCUT2D eigenvalue weighted by atomic mass is 16.6. The third-order valence-corrected chi connectivity index (χ3v) is 1.32. The standard InChI is InChI=1S/C10H16O4/c1-6(11)8(7(2)12)9(13)14-10(3,4)5/h11H,1-5H3. The molecule has 80 valence electrons. The van der Waals surface area contributed by atoms with E-state index in [4.69, 9.17) is 9.84 Å². The van der Waals surface area contributed by atoms with Crippen LogP contribution >= 0.6 is 0 Å². The summed E-state index contributed by atoms with van der Waals surface area (Å²) in [6, 6.07) is 0. The maximum atomic E-state index is 11.4. The van der Waals surface area contributed by atoms with Crippen LogP contribution in [0.1, 0.15) is 34.6 Å². The third kappa shape index (κ3) is 4.07. The van der Waals surface area contributed by atoms with Crippen LogP contribution in [0.3, 0.4) is 0 Å². The zero-order valence-electron chi connectivity index (χ0n) is 9.17. The SMILES string of the molecule is CC(=O)C(C(=O)OC(C)(C)C)=C(C)O. The molecule has 0 saturated heterocycles. The van der Waals surface area contributed by atoms with Gasteiger partial charge in [0.2, 0.25) is 0 Å². The number of carbonyl (C=O) groups excluding carboxylic acids is 2. The summed E-state index contributed by atoms with van der Waals surface area (Å²) in [6.45, 7) is 7.56. The number of rotatable bonds is 2. The summed E-state index contributed by atoms with van der Waals surface area (Å²) in [5, 5.41) is 9.11. The molecule has 1 N–H and O–H groups in total. The first-order valence-electron chi connectivity index (χ1n) is 4.29. The fraction of sp³-hybridized carbons (Fsp3) is 0.600. The van der Waals surface area contributed by atoms with Crippen molar-refractivity contribution >= 4 is 11.8 Å². The second-order valence-electron chi connectivity index (χ2n) is 4.02. The molecule has 14 heavy (non-hydrogen) atoms. The lowest BCUT2D eigenvalue weighted by Gasteiger charge is -2.19. The summed E-state index contributed by atoms with van der Waals surface area (Å²) >= 11 is 0. The van der Waals surface area contributed by atoms with E-state index in [1.165, 1.54) is 13.8 Å². The molecule has 0 aromatic carbocycles. The molecule has 0 aliphatic rings. The summed E-state index contributed by atoms with van der Waals surface area (Å²) in [4.78, 5) is 22.4. The molecular weight excluding hydrogens is 184 g/mol. The molecule has 0 unspecified atom stereocenters. The molecule has 0 aliphatic carbocycles. The average molecular weight is 200 g/mol. The van der Waals surface area contributed by atoms with Gasteiger partial charge in [0, 0.05) is 0 Å². The molecule has 0 aromatic rings. The molecule has 4 heteroatoms. The maximum Gasteiger partial charge on any atom is 0.345 e. The number of aliphatic hydroxyl groups is 1. The molecule has 0 aromatic heterocycles. The fourth-order valence-corrected chi connectivity index (χ4v) is 0.875. The maximum absolute atomic E-state index is 11.4. The van der Waals surface area contributed by atoms with Crippen molar-refractivity contribution < 1.29 is 19.4 Å². The largest absolute Gasteiger partial charge is 0.512 e. The smallest absolute Gasteiger partial charge is 0.345 e. The first-order chi connectivity index (χ1) is 6.15. The van der Waals surface area contributed by atoms with Crippen LogP contribution in [0.15, 0.2) is 11.3 Å². The molecule has 0 fully saturated rings. The van der Waals surface area contributed by atoms with Crippen LogP contribution in [0.2, 0.25) is 0 Å². The van der Waals surface area contributed by atoms with Crippen molar-refractivity contribution in [3.05, 3.63) is 11.3 Å². The molecule has 0 heterocycles. The Bertz CT molecular complexity index is 277. The van der Waals surface area contributed by atoms with E-state index in [1.54, 1.807) is 20.8 Å². The molecule has 0 spiro atoms. The highest BCUT2D eigenvalue weighted by Crippen LogP contribution is 2.13. The summed E-state index contributed by atoms with van der Waals surface area (Å²) in [7, 11) is 0. The Morgan fingerprint density at radius 2 is 1.57 bits per heavy atom. The zero-order chi connectivity index (χ0) is 11.5. The van der Waals surface area contributed by atoms with Gasteiger partial charge in [-0.15, -0.1) is 0 Å². The van der Waals surface area contributed by atoms with Crippen LogP contribution in [-0.2, 0) is 14.3 Å². The third-order valence-electron chi connectivity index (χ3n) is 1.32. The van der Waals surface area contributed by atoms with Gasteiger partial charge < -0.3 is 9.84 Å². The van der Waals surface area contributed by atoms with Gasteiger partial charge in [0.1, 0.15) is 16.9 Å². The number of esters is 1. The number of aliphatic hydroxyl groups excluding tert-OH is 1. The summed E-state index contributed by atoms with van der Waals surface area (Å²) < 4.78 is 4.94. The average Bonchev–Trinajstić information content (AvgIpc) is 1.78. The quantitative estimate of drug-likeness (QED) is 0.242. The first-order valence-corrected chi connectivity index (χ1v) is 4.29. The van der Waals surface area contributed by atoms with E-state index in [9.17, 15) is 9.59 Å². The van der Waals surface area contributed by atoms with Crippen molar-refractivity contribution in [2.75, 3.05) is 0 Å². The van der Waals surface area contributed by atoms with Crippen LogP contribution in [0.5, 0.6) is 0 Å². The minimum Gasteiger partial charge on any atom is -0.512 e. The number of allylic oxidation sites excluding steroid dienone is 1. The van der Waals surface area contributed by atoms with Crippen LogP contribution in [0.4, 0.5) is 0 Å². The molecule has 0 aliphatic heterocycles. The van der Waals surface area contributed by atoms with E-state index >= 15 is 0 Å². The lowest BCUT2D eigenvalue weighted by Crippen LogP contribution is -2.27. The Balaban J connectivity index is 4.84. The van der Waals surface area contributed by atoms with E-state index in [1.807, 2.05) is 0 Å². The van der Waals surface area contributed by atoms with Gasteiger partial charge in [-0.1, -0.05) is 0 Å². The van der Waals surface area contributed by atoms with Gasteiger partial charge in [-0.3, -0.25) is 4.79 Å². The van der Waals surface area contributed by atoms with Gasteiger partial charge in [0.25, 0.3) is 0 Å². The Hall–Kier alpha value is -1.32. The Morgan fingerprint density at radius 3 is 1.79 bits per heavy atom. The molecular formula is C10H16O4. The predicted octanol–water partition coefficient (Wildman–Crippen LogP) is 1.75. The minimum absolute atomic E-state index is 0.292. The topological polar surface area (TPSA) is 63.6 Å². The number of hydrogen-bond acceptors (Lipinski definition) is 4. The molecule has 0 saturated carbocycles. The molecule has 0 radical (unpaired) electrons. The predicted molar refractivity (Wildman–Crippen MR) is 51.9 cm³/mol. The second kappa shape index (κ2) is 4.26. The first kappa shape index (κ1) is 12.7. The molecule has 4 nitrogen and oxygen atoms in total. The summed E-state index contributed by atoms with van der Waals surface area (Å²) in [6.07, 6.45) is 0. The van der Waals surface area contributed by atoms with Crippen molar-refractivity contribution in [1.29, 1.82) is 0 Å². The Labute approximate surface area is 83.6 Å². The van der Waals surface area contributed by atoms with Crippen molar-refractivity contribution in [2.45, 2.75) is 40.2 Å². The van der Waals surface area contributed by atoms with Gasteiger partial charge in [-0.25, -0.2) is 4.79 Å². The molecule has 0 atom stereocenters. The normalized spacial score (nSPS) is 13.2. The summed E-state index contributed by atoms with van der Waals surface area (Å²) in [5.74, 6) is -1.60. The van der Waals surface area contributed by atoms with E-state index < -0.39 is 17.4 Å². The van der Waals surface area contributed by atoms with Crippen molar-refractivity contribution in [2.24, 2.45) is 0 Å². The van der Waals surface area contributed by atoms with Gasteiger partial charge in [-0.05, 0) is 34.6 Å². The lowest BCUT2D eigenvalue weighted by atomic mass is 10.1. The van der Waals surface area contributed by atoms with Crippen molar-refractivity contribution in [3.8, 4) is 0 Å². The lowest BCUT2D eigenvalue weighted by molar-refractivity contribution is -0.150. The molecule has 0 rings (SSSR count). The van der Waals surface area contributed by atoms with Crippen molar-refractivity contribution in [3.63, 3.8) is 0 Å². The van der Waals surface area contributed by atoms with Crippen LogP contribution < -0.4 is 0 Å². The van der Waals surface area contributed by atoms with Gasteiger partial charge in [-0.2, -0.15) is 0 Å².